The number of nitrogens with two attached hydrogens (primary N) is 1. The Balaban J connectivity index is 2.18. The third-order valence-corrected chi connectivity index (χ3v) is 4.03. The van der Waals surface area contributed by atoms with E-state index in [2.05, 4.69) is 15.5 Å². The first kappa shape index (κ1) is 15.9. The minimum absolute atomic E-state index is 0.0865. The smallest absolute Gasteiger partial charge is 0.230 e. The number of amides is 1. The molecule has 0 aliphatic heterocycles. The second-order valence-electron chi connectivity index (χ2n) is 4.04. The fourth-order valence-corrected chi connectivity index (χ4v) is 2.79. The van der Waals surface area contributed by atoms with E-state index in [9.17, 15) is 4.79 Å². The molecule has 9 heteroatoms. The van der Waals surface area contributed by atoms with Gasteiger partial charge in [-0.3, -0.25) is 4.79 Å². The van der Waals surface area contributed by atoms with Gasteiger partial charge in [-0.2, -0.15) is 0 Å². The lowest BCUT2D eigenvalue weighted by atomic mass is 10.2. The number of nitrogens with one attached hydrogen (secondary N) is 1. The van der Waals surface area contributed by atoms with Crippen LogP contribution in [0.1, 0.15) is 6.92 Å². The van der Waals surface area contributed by atoms with Crippen LogP contribution < -0.4 is 11.2 Å². The zero-order valence-corrected chi connectivity index (χ0v) is 13.5. The number of nitrogen functional groups attached to an aromatic ring is 1. The number of hydrogen-bond donors (Lipinski definition) is 2. The molecule has 0 unspecified atom stereocenters. The molecular weight excluding hydrogens is 333 g/mol. The predicted molar refractivity (Wildman–Crippen MR) is 85.0 cm³/mol. The number of benzene rings is 1. The van der Waals surface area contributed by atoms with Gasteiger partial charge >= 0.3 is 0 Å². The van der Waals surface area contributed by atoms with Crippen molar-refractivity contribution >= 4 is 40.9 Å². The normalized spacial score (nSPS) is 10.6. The predicted octanol–water partition coefficient (Wildman–Crippen LogP) is 2.19. The maximum absolute atomic E-state index is 11.4. The molecule has 0 radical (unpaired) electrons. The summed E-state index contributed by atoms with van der Waals surface area (Å²) in [5, 5.41) is 12.1. The van der Waals surface area contributed by atoms with E-state index in [4.69, 9.17) is 29.0 Å². The first-order chi connectivity index (χ1) is 10.0. The van der Waals surface area contributed by atoms with Crippen molar-refractivity contribution in [1.82, 2.24) is 20.2 Å². The lowest BCUT2D eigenvalue weighted by Gasteiger charge is -2.05. The fraction of sp³-hybridized carbons (Fsp3) is 0.250. The summed E-state index contributed by atoms with van der Waals surface area (Å²) in [4.78, 5) is 11.4. The first-order valence-electron chi connectivity index (χ1n) is 6.08. The van der Waals surface area contributed by atoms with Crippen LogP contribution in [-0.4, -0.2) is 33.1 Å². The van der Waals surface area contributed by atoms with Gasteiger partial charge in [-0.25, -0.2) is 4.68 Å². The molecule has 1 amide bonds. The molecule has 112 valence electrons. The Hall–Kier alpha value is -1.44. The Morgan fingerprint density at radius 3 is 2.86 bits per heavy atom. The quantitative estimate of drug-likeness (QED) is 0.640. The summed E-state index contributed by atoms with van der Waals surface area (Å²) in [5.41, 5.74) is 0.626. The third-order valence-electron chi connectivity index (χ3n) is 2.54. The van der Waals surface area contributed by atoms with E-state index >= 15 is 0 Å². The van der Waals surface area contributed by atoms with Gasteiger partial charge < -0.3 is 11.2 Å². The monoisotopic (exact) mass is 345 g/mol. The topological polar surface area (TPSA) is 85.8 Å². The van der Waals surface area contributed by atoms with Gasteiger partial charge in [0.15, 0.2) is 5.82 Å². The minimum Gasteiger partial charge on any atom is -0.356 e. The summed E-state index contributed by atoms with van der Waals surface area (Å²) in [6.07, 6.45) is 0. The molecule has 0 atom stereocenters. The molecule has 0 aliphatic rings. The Morgan fingerprint density at radius 1 is 1.43 bits per heavy atom. The number of aromatic nitrogens is 3. The highest BCUT2D eigenvalue weighted by Crippen LogP contribution is 2.30. The Kier molecular flexibility index (Phi) is 5.33. The van der Waals surface area contributed by atoms with Gasteiger partial charge in [-0.05, 0) is 25.1 Å². The largest absolute Gasteiger partial charge is 0.356 e. The lowest BCUT2D eigenvalue weighted by Crippen LogP contribution is -2.24. The molecule has 0 aliphatic carbocycles. The zero-order valence-electron chi connectivity index (χ0n) is 11.1. The van der Waals surface area contributed by atoms with Crippen LogP contribution >= 0.6 is 35.0 Å². The van der Waals surface area contributed by atoms with E-state index < -0.39 is 0 Å². The second-order valence-corrected chi connectivity index (χ2v) is 5.83. The number of halogens is 2. The highest BCUT2D eigenvalue weighted by Gasteiger charge is 2.15. The summed E-state index contributed by atoms with van der Waals surface area (Å²) in [7, 11) is 0. The molecule has 21 heavy (non-hydrogen) atoms. The van der Waals surface area contributed by atoms with Gasteiger partial charge in [0.05, 0.1) is 10.8 Å². The summed E-state index contributed by atoms with van der Waals surface area (Å²) in [5.74, 6) is 6.50. The zero-order chi connectivity index (χ0) is 15.4. The van der Waals surface area contributed by atoms with Crippen LogP contribution in [-0.2, 0) is 4.79 Å². The maximum Gasteiger partial charge on any atom is 0.230 e. The Morgan fingerprint density at radius 2 is 2.19 bits per heavy atom. The number of thioether (sulfide) groups is 1. The van der Waals surface area contributed by atoms with Gasteiger partial charge in [-0.1, -0.05) is 35.0 Å². The molecular formula is C12H13Cl2N5OS. The molecule has 0 spiro atoms. The highest BCUT2D eigenvalue weighted by molar-refractivity contribution is 7.99. The van der Waals surface area contributed by atoms with Crippen molar-refractivity contribution in [1.29, 1.82) is 0 Å². The summed E-state index contributed by atoms with van der Waals surface area (Å²) >= 11 is 13.2. The minimum atomic E-state index is -0.0865. The SMILES string of the molecule is CCNC(=O)CSc1nnc(-c2ccc(Cl)cc2Cl)n1N. The van der Waals surface area contributed by atoms with Crippen LogP contribution in [0.5, 0.6) is 0 Å². The molecule has 2 aromatic rings. The van der Waals surface area contributed by atoms with Crippen molar-refractivity contribution in [2.24, 2.45) is 0 Å². The van der Waals surface area contributed by atoms with Crippen molar-refractivity contribution in [3.63, 3.8) is 0 Å². The van der Waals surface area contributed by atoms with E-state index in [1.807, 2.05) is 6.92 Å². The van der Waals surface area contributed by atoms with Gasteiger partial charge in [0.1, 0.15) is 0 Å². The van der Waals surface area contributed by atoms with E-state index in [0.29, 0.717) is 33.1 Å². The van der Waals surface area contributed by atoms with Crippen LogP contribution in [0.15, 0.2) is 23.4 Å². The fourth-order valence-electron chi connectivity index (χ4n) is 1.61. The molecule has 6 nitrogen and oxygen atoms in total. The Labute approximate surface area is 136 Å². The highest BCUT2D eigenvalue weighted by atomic mass is 35.5. The van der Waals surface area contributed by atoms with Crippen molar-refractivity contribution in [3.8, 4) is 11.4 Å². The number of nitrogens with zero attached hydrogens (tertiary/aromatic N) is 3. The van der Waals surface area contributed by atoms with Crippen LogP contribution in [0.3, 0.4) is 0 Å². The lowest BCUT2D eigenvalue weighted by molar-refractivity contribution is -0.118. The van der Waals surface area contributed by atoms with Crippen LogP contribution in [0, 0.1) is 0 Å². The van der Waals surface area contributed by atoms with Crippen molar-refractivity contribution in [2.75, 3.05) is 18.1 Å². The van der Waals surface area contributed by atoms with E-state index in [0.717, 1.165) is 0 Å². The van der Waals surface area contributed by atoms with Crippen LogP contribution in [0.4, 0.5) is 0 Å². The molecule has 1 aromatic heterocycles. The van der Waals surface area contributed by atoms with Crippen LogP contribution in [0.25, 0.3) is 11.4 Å². The number of hydrogen-bond acceptors (Lipinski definition) is 5. The number of carbonyl (C=O) groups excluding carboxylic acids is 1. The molecule has 0 fully saturated rings. The molecule has 0 bridgehead atoms. The third kappa shape index (κ3) is 3.81. The molecule has 3 N–H and O–H groups in total. The molecule has 1 aromatic carbocycles. The van der Waals surface area contributed by atoms with Crippen molar-refractivity contribution in [3.05, 3.63) is 28.2 Å². The van der Waals surface area contributed by atoms with E-state index in [1.54, 1.807) is 18.2 Å². The average molecular weight is 346 g/mol. The number of rotatable bonds is 5. The molecule has 0 saturated carbocycles. The summed E-state index contributed by atoms with van der Waals surface area (Å²) in [6.45, 7) is 2.44. The van der Waals surface area contributed by atoms with Gasteiger partial charge in [-0.15, -0.1) is 10.2 Å². The summed E-state index contributed by atoms with van der Waals surface area (Å²) in [6, 6.07) is 5.02. The molecule has 1 heterocycles. The first-order valence-corrected chi connectivity index (χ1v) is 7.82. The standard InChI is InChI=1S/C12H13Cl2N5OS/c1-2-16-10(20)6-21-12-18-17-11(19(12)15)8-4-3-7(13)5-9(8)14/h3-5H,2,6,15H2,1H3,(H,16,20). The van der Waals surface area contributed by atoms with Crippen molar-refractivity contribution < 1.29 is 4.79 Å². The summed E-state index contributed by atoms with van der Waals surface area (Å²) < 4.78 is 1.30. The van der Waals surface area contributed by atoms with Crippen LogP contribution in [0.2, 0.25) is 10.0 Å². The molecule has 2 rings (SSSR count). The number of carbonyl (C=O) groups is 1. The second kappa shape index (κ2) is 7.02. The van der Waals surface area contributed by atoms with E-state index in [-0.39, 0.29) is 11.7 Å². The average Bonchev–Trinajstić information content (AvgIpc) is 2.78. The van der Waals surface area contributed by atoms with Gasteiger partial charge in [0, 0.05) is 17.1 Å². The van der Waals surface area contributed by atoms with Gasteiger partial charge in [0.25, 0.3) is 0 Å². The molecule has 0 saturated heterocycles. The van der Waals surface area contributed by atoms with Gasteiger partial charge in [0.2, 0.25) is 11.1 Å². The maximum atomic E-state index is 11.4. The van der Waals surface area contributed by atoms with Crippen molar-refractivity contribution in [2.45, 2.75) is 12.1 Å². The van der Waals surface area contributed by atoms with E-state index in [1.165, 1.54) is 16.4 Å². The Bertz CT molecular complexity index is 661.